The van der Waals surface area contributed by atoms with Crippen molar-refractivity contribution in [3.8, 4) is 5.75 Å². The molecule has 21 heavy (non-hydrogen) atoms. The summed E-state index contributed by atoms with van der Waals surface area (Å²) in [7, 11) is 0. The van der Waals surface area contributed by atoms with Crippen LogP contribution in [0.15, 0.2) is 42.5 Å². The maximum Gasteiger partial charge on any atom is 0.262 e. The lowest BCUT2D eigenvalue weighted by Gasteiger charge is -2.09. The summed E-state index contributed by atoms with van der Waals surface area (Å²) in [5.41, 5.74) is 7.86. The molecule has 0 atom stereocenters. The maximum absolute atomic E-state index is 11.8. The molecular formula is C16H17ClN2O2. The topological polar surface area (TPSA) is 64.3 Å². The van der Waals surface area contributed by atoms with Gasteiger partial charge in [0.15, 0.2) is 6.61 Å². The zero-order chi connectivity index (χ0) is 15.2. The number of amides is 1. The molecule has 0 bridgehead atoms. The lowest BCUT2D eigenvalue weighted by molar-refractivity contribution is -0.118. The minimum Gasteiger partial charge on any atom is -0.484 e. The van der Waals surface area contributed by atoms with Gasteiger partial charge in [-0.15, -0.1) is 0 Å². The first-order valence-corrected chi connectivity index (χ1v) is 7.03. The Morgan fingerprint density at radius 1 is 1.29 bits per heavy atom. The molecule has 0 fully saturated rings. The van der Waals surface area contributed by atoms with Crippen LogP contribution in [0.5, 0.6) is 5.75 Å². The molecular weight excluding hydrogens is 288 g/mol. The van der Waals surface area contributed by atoms with Crippen molar-refractivity contribution >= 4 is 28.9 Å². The SMILES string of the molecule is CCc1cccc(OCC(=O)Nc2ccc(Cl)c(N)c2)c1. The molecule has 1 amide bonds. The molecule has 0 saturated carbocycles. The van der Waals surface area contributed by atoms with Crippen LogP contribution in [0.2, 0.25) is 5.02 Å². The molecule has 0 aliphatic carbocycles. The van der Waals surface area contributed by atoms with Crippen molar-refractivity contribution in [1.82, 2.24) is 0 Å². The summed E-state index contributed by atoms with van der Waals surface area (Å²) >= 11 is 5.82. The Morgan fingerprint density at radius 3 is 2.81 bits per heavy atom. The van der Waals surface area contributed by atoms with Gasteiger partial charge in [0.2, 0.25) is 0 Å². The van der Waals surface area contributed by atoms with Crippen LogP contribution < -0.4 is 15.8 Å². The van der Waals surface area contributed by atoms with Crippen LogP contribution in [-0.2, 0) is 11.2 Å². The summed E-state index contributed by atoms with van der Waals surface area (Å²) in [5.74, 6) is 0.429. The van der Waals surface area contributed by atoms with Gasteiger partial charge in [0.05, 0.1) is 10.7 Å². The zero-order valence-electron chi connectivity index (χ0n) is 11.7. The van der Waals surface area contributed by atoms with E-state index in [0.29, 0.717) is 22.1 Å². The van der Waals surface area contributed by atoms with Gasteiger partial charge >= 0.3 is 0 Å². The fraction of sp³-hybridized carbons (Fsp3) is 0.188. The number of hydrogen-bond acceptors (Lipinski definition) is 3. The largest absolute Gasteiger partial charge is 0.484 e. The Bertz CT molecular complexity index is 644. The summed E-state index contributed by atoms with van der Waals surface area (Å²) in [5, 5.41) is 3.17. The maximum atomic E-state index is 11.8. The third kappa shape index (κ3) is 4.39. The van der Waals surface area contributed by atoms with E-state index < -0.39 is 0 Å². The van der Waals surface area contributed by atoms with E-state index in [1.165, 1.54) is 5.56 Å². The van der Waals surface area contributed by atoms with Crippen molar-refractivity contribution in [3.05, 3.63) is 53.1 Å². The smallest absolute Gasteiger partial charge is 0.262 e. The first-order valence-electron chi connectivity index (χ1n) is 6.65. The highest BCUT2D eigenvalue weighted by atomic mass is 35.5. The van der Waals surface area contributed by atoms with Crippen LogP contribution in [0, 0.1) is 0 Å². The van der Waals surface area contributed by atoms with Crippen molar-refractivity contribution in [2.24, 2.45) is 0 Å². The fourth-order valence-electron chi connectivity index (χ4n) is 1.82. The number of nitrogen functional groups attached to an aromatic ring is 1. The van der Waals surface area contributed by atoms with E-state index in [4.69, 9.17) is 22.1 Å². The monoisotopic (exact) mass is 304 g/mol. The summed E-state index contributed by atoms with van der Waals surface area (Å²) in [6.45, 7) is 2.01. The van der Waals surface area contributed by atoms with Crippen LogP contribution >= 0.6 is 11.6 Å². The highest BCUT2D eigenvalue weighted by Gasteiger charge is 2.05. The minimum absolute atomic E-state index is 0.0598. The Labute approximate surface area is 128 Å². The summed E-state index contributed by atoms with van der Waals surface area (Å²) in [6, 6.07) is 12.6. The third-order valence-corrected chi connectivity index (χ3v) is 3.30. The highest BCUT2D eigenvalue weighted by molar-refractivity contribution is 6.33. The normalized spacial score (nSPS) is 10.2. The molecule has 0 heterocycles. The van der Waals surface area contributed by atoms with Gasteiger partial charge in [0.1, 0.15) is 5.75 Å². The van der Waals surface area contributed by atoms with Crippen LogP contribution in [0.1, 0.15) is 12.5 Å². The fourth-order valence-corrected chi connectivity index (χ4v) is 1.94. The standard InChI is InChI=1S/C16H17ClN2O2/c1-2-11-4-3-5-13(8-11)21-10-16(20)19-12-6-7-14(17)15(18)9-12/h3-9H,2,10,18H2,1H3,(H,19,20). The Morgan fingerprint density at radius 2 is 2.10 bits per heavy atom. The number of aryl methyl sites for hydroxylation is 1. The number of hydrogen-bond donors (Lipinski definition) is 2. The molecule has 0 radical (unpaired) electrons. The summed E-state index contributed by atoms with van der Waals surface area (Å²) in [6.07, 6.45) is 0.924. The Kier molecular flexibility index (Phi) is 5.06. The van der Waals surface area contributed by atoms with Gasteiger partial charge in [-0.05, 0) is 42.3 Å². The van der Waals surface area contributed by atoms with E-state index in [0.717, 1.165) is 6.42 Å². The molecule has 110 valence electrons. The molecule has 0 spiro atoms. The van der Waals surface area contributed by atoms with Gasteiger partial charge < -0.3 is 15.8 Å². The number of ether oxygens (including phenoxy) is 1. The average molecular weight is 305 g/mol. The first-order chi connectivity index (χ1) is 10.1. The molecule has 2 aromatic carbocycles. The van der Waals surface area contributed by atoms with Gasteiger partial charge in [-0.1, -0.05) is 30.7 Å². The van der Waals surface area contributed by atoms with Crippen molar-refractivity contribution in [3.63, 3.8) is 0 Å². The lowest BCUT2D eigenvalue weighted by Crippen LogP contribution is -2.20. The van der Waals surface area contributed by atoms with E-state index >= 15 is 0 Å². The number of benzene rings is 2. The van der Waals surface area contributed by atoms with Gasteiger partial charge in [-0.25, -0.2) is 0 Å². The quantitative estimate of drug-likeness (QED) is 0.831. The third-order valence-electron chi connectivity index (χ3n) is 2.96. The second-order valence-electron chi connectivity index (χ2n) is 4.57. The van der Waals surface area contributed by atoms with Gasteiger partial charge in [0.25, 0.3) is 5.91 Å². The molecule has 0 aliphatic rings. The number of carbonyl (C=O) groups excluding carboxylic acids is 1. The lowest BCUT2D eigenvalue weighted by atomic mass is 10.2. The van der Waals surface area contributed by atoms with E-state index in [1.807, 2.05) is 24.3 Å². The van der Waals surface area contributed by atoms with Crippen molar-refractivity contribution < 1.29 is 9.53 Å². The molecule has 0 aliphatic heterocycles. The molecule has 2 aromatic rings. The highest BCUT2D eigenvalue weighted by Crippen LogP contribution is 2.22. The van der Waals surface area contributed by atoms with Crippen LogP contribution in [0.25, 0.3) is 0 Å². The molecule has 3 N–H and O–H groups in total. The predicted octanol–water partition coefficient (Wildman–Crippen LogP) is 3.50. The minimum atomic E-state index is -0.251. The van der Waals surface area contributed by atoms with Gasteiger partial charge in [-0.2, -0.15) is 0 Å². The average Bonchev–Trinajstić information content (AvgIpc) is 2.49. The summed E-state index contributed by atoms with van der Waals surface area (Å²) in [4.78, 5) is 11.8. The van der Waals surface area contributed by atoms with Crippen LogP contribution in [0.3, 0.4) is 0 Å². The summed E-state index contributed by atoms with van der Waals surface area (Å²) < 4.78 is 5.47. The number of carbonyl (C=O) groups is 1. The number of rotatable bonds is 5. The zero-order valence-corrected chi connectivity index (χ0v) is 12.5. The van der Waals surface area contributed by atoms with E-state index in [-0.39, 0.29) is 12.5 Å². The molecule has 0 saturated heterocycles. The number of nitrogens with two attached hydrogens (primary N) is 1. The molecule has 5 heteroatoms. The van der Waals surface area contributed by atoms with E-state index in [1.54, 1.807) is 18.2 Å². The number of halogens is 1. The van der Waals surface area contributed by atoms with E-state index in [9.17, 15) is 4.79 Å². The van der Waals surface area contributed by atoms with Gasteiger partial charge in [0, 0.05) is 5.69 Å². The molecule has 0 unspecified atom stereocenters. The van der Waals surface area contributed by atoms with E-state index in [2.05, 4.69) is 12.2 Å². The second-order valence-corrected chi connectivity index (χ2v) is 4.98. The van der Waals surface area contributed by atoms with Crippen molar-refractivity contribution in [2.45, 2.75) is 13.3 Å². The molecule has 4 nitrogen and oxygen atoms in total. The first kappa shape index (κ1) is 15.2. The van der Waals surface area contributed by atoms with Crippen LogP contribution in [0.4, 0.5) is 11.4 Å². The van der Waals surface area contributed by atoms with Crippen molar-refractivity contribution in [1.29, 1.82) is 0 Å². The Hall–Kier alpha value is -2.20. The number of anilines is 2. The van der Waals surface area contributed by atoms with Crippen LogP contribution in [-0.4, -0.2) is 12.5 Å². The predicted molar refractivity (Wildman–Crippen MR) is 85.8 cm³/mol. The second kappa shape index (κ2) is 6.99. The Balaban J connectivity index is 1.91. The molecule has 0 aromatic heterocycles. The number of nitrogens with one attached hydrogen (secondary N) is 1. The van der Waals surface area contributed by atoms with Gasteiger partial charge in [-0.3, -0.25) is 4.79 Å². The molecule has 2 rings (SSSR count). The van der Waals surface area contributed by atoms with Crippen molar-refractivity contribution in [2.75, 3.05) is 17.7 Å².